The smallest absolute Gasteiger partial charge is 0.320 e. The average Bonchev–Trinajstić information content (AvgIpc) is 3.26. The average molecular weight is 482 g/mol. The molecule has 3 N–H and O–H groups in total. The Kier molecular flexibility index (Phi) is 5.56. The summed E-state index contributed by atoms with van der Waals surface area (Å²) in [4.78, 5) is 28.9. The summed E-state index contributed by atoms with van der Waals surface area (Å²) in [6, 6.07) is 18.0. The van der Waals surface area contributed by atoms with Crippen molar-refractivity contribution in [1.82, 2.24) is 20.8 Å². The molecule has 1 saturated carbocycles. The van der Waals surface area contributed by atoms with Crippen LogP contribution < -0.4 is 16.2 Å². The van der Waals surface area contributed by atoms with Crippen molar-refractivity contribution in [2.24, 2.45) is 4.99 Å². The number of hydrogen-bond acceptors (Lipinski definition) is 4. The summed E-state index contributed by atoms with van der Waals surface area (Å²) < 4.78 is 14.9. The number of carbonyl (C=O) groups excluding carboxylic acids is 1. The molecule has 0 unspecified atom stereocenters. The summed E-state index contributed by atoms with van der Waals surface area (Å²) in [5.41, 5.74) is 4.23. The number of aliphatic imine (C=N–C) groups is 1. The van der Waals surface area contributed by atoms with Crippen LogP contribution in [0.2, 0.25) is 0 Å². The van der Waals surface area contributed by atoms with Gasteiger partial charge in [0, 0.05) is 29.8 Å². The molecule has 0 bridgehead atoms. The van der Waals surface area contributed by atoms with Gasteiger partial charge in [-0.25, -0.2) is 19.3 Å². The first kappa shape index (κ1) is 22.2. The summed E-state index contributed by atoms with van der Waals surface area (Å²) in [5, 5.41) is 13.9. The molecule has 2 aliphatic rings. The maximum absolute atomic E-state index is 14.9. The molecule has 2 amide bonds. The maximum Gasteiger partial charge on any atom is 0.320 e. The molecule has 0 spiro atoms. The quantitative estimate of drug-likeness (QED) is 0.392. The van der Waals surface area contributed by atoms with Crippen molar-refractivity contribution in [2.75, 3.05) is 0 Å². The number of aromatic amines is 1. The number of amides is 2. The van der Waals surface area contributed by atoms with Gasteiger partial charge in [-0.2, -0.15) is 5.10 Å². The minimum Gasteiger partial charge on any atom is -0.335 e. The number of nitrogens with zero attached hydrogens (tertiary/aromatic N) is 2. The fraction of sp³-hybridized carbons (Fsp3) is 0.214. The number of H-pyrrole nitrogens is 1. The molecular formula is C28H24FN5O2. The lowest BCUT2D eigenvalue weighted by molar-refractivity contribution is 0.233. The van der Waals surface area contributed by atoms with Crippen molar-refractivity contribution in [3.63, 3.8) is 0 Å². The number of aromatic nitrogens is 2. The first-order valence-corrected chi connectivity index (χ1v) is 12.1. The number of fused-ring (bicyclic) bond motifs is 2. The molecule has 3 aromatic carbocycles. The lowest BCUT2D eigenvalue weighted by atomic mass is 9.93. The van der Waals surface area contributed by atoms with E-state index < -0.39 is 0 Å². The highest BCUT2D eigenvalue weighted by molar-refractivity contribution is 6.02. The predicted octanol–water partition coefficient (Wildman–Crippen LogP) is 4.76. The zero-order valence-electron chi connectivity index (χ0n) is 19.5. The highest BCUT2D eigenvalue weighted by Gasteiger charge is 2.22. The lowest BCUT2D eigenvalue weighted by Gasteiger charge is -2.26. The number of hydrogen-bond donors (Lipinski definition) is 3. The summed E-state index contributed by atoms with van der Waals surface area (Å²) in [6.45, 7) is 0. The highest BCUT2D eigenvalue weighted by Crippen LogP contribution is 2.33. The Morgan fingerprint density at radius 3 is 2.69 bits per heavy atom. The first-order chi connectivity index (χ1) is 17.5. The zero-order chi connectivity index (χ0) is 24.6. The Balaban J connectivity index is 1.25. The van der Waals surface area contributed by atoms with Crippen LogP contribution in [0.15, 0.2) is 70.5 Å². The molecule has 0 saturated heterocycles. The zero-order valence-corrected chi connectivity index (χ0v) is 19.5. The van der Waals surface area contributed by atoms with Crippen molar-refractivity contribution in [1.29, 1.82) is 0 Å². The second kappa shape index (κ2) is 9.03. The number of urea groups is 1. The number of carbonyl (C=O) groups is 1. The van der Waals surface area contributed by atoms with Crippen molar-refractivity contribution in [3.8, 4) is 11.1 Å². The van der Waals surface area contributed by atoms with Crippen LogP contribution in [0.5, 0.6) is 0 Å². The fourth-order valence-corrected chi connectivity index (χ4v) is 4.73. The van der Waals surface area contributed by atoms with E-state index >= 15 is 0 Å². The number of amidine groups is 1. The SMILES string of the molecule is O=C(NC1=Nc2cc(-c3cc(Cc4n[nH]c(=O)c5ccccc45)ccc3F)ccc2C1)NC1CCC1. The van der Waals surface area contributed by atoms with Gasteiger partial charge in [0.2, 0.25) is 0 Å². The van der Waals surface area contributed by atoms with Crippen LogP contribution in [0.3, 0.4) is 0 Å². The molecule has 7 nitrogen and oxygen atoms in total. The van der Waals surface area contributed by atoms with Gasteiger partial charge >= 0.3 is 6.03 Å². The third kappa shape index (κ3) is 4.26. The van der Waals surface area contributed by atoms with Gasteiger partial charge in [-0.3, -0.25) is 10.1 Å². The van der Waals surface area contributed by atoms with E-state index in [1.54, 1.807) is 12.1 Å². The van der Waals surface area contributed by atoms with Gasteiger partial charge in [0.1, 0.15) is 11.7 Å². The molecular weight excluding hydrogens is 457 g/mol. The van der Waals surface area contributed by atoms with Gasteiger partial charge in [0.05, 0.1) is 16.8 Å². The summed E-state index contributed by atoms with van der Waals surface area (Å²) >= 11 is 0. The van der Waals surface area contributed by atoms with Crippen LogP contribution in [-0.2, 0) is 12.8 Å². The Bertz CT molecular complexity index is 1590. The van der Waals surface area contributed by atoms with Gasteiger partial charge in [0.25, 0.3) is 5.56 Å². The summed E-state index contributed by atoms with van der Waals surface area (Å²) in [6.07, 6.45) is 4.15. The van der Waals surface area contributed by atoms with Gasteiger partial charge < -0.3 is 5.32 Å². The lowest BCUT2D eigenvalue weighted by Crippen LogP contribution is -2.47. The van der Waals surface area contributed by atoms with Crippen LogP contribution in [0.1, 0.15) is 36.1 Å². The van der Waals surface area contributed by atoms with Crippen LogP contribution in [0.4, 0.5) is 14.9 Å². The second-order valence-corrected chi connectivity index (χ2v) is 9.34. The van der Waals surface area contributed by atoms with Crippen LogP contribution in [0.25, 0.3) is 21.9 Å². The van der Waals surface area contributed by atoms with Crippen molar-refractivity contribution >= 4 is 28.3 Å². The Hall–Kier alpha value is -4.33. The minimum atomic E-state index is -0.335. The van der Waals surface area contributed by atoms with E-state index in [-0.39, 0.29) is 23.4 Å². The molecule has 1 fully saturated rings. The molecule has 1 aliphatic heterocycles. The summed E-state index contributed by atoms with van der Waals surface area (Å²) in [5.74, 6) is 0.252. The van der Waals surface area contributed by atoms with E-state index in [4.69, 9.17) is 0 Å². The normalized spacial score (nSPS) is 14.8. The molecule has 180 valence electrons. The number of rotatable bonds is 4. The van der Waals surface area contributed by atoms with Crippen molar-refractivity contribution in [3.05, 3.63) is 93.7 Å². The van der Waals surface area contributed by atoms with E-state index in [0.717, 1.165) is 47.2 Å². The Morgan fingerprint density at radius 1 is 1.06 bits per heavy atom. The van der Waals surface area contributed by atoms with Crippen molar-refractivity contribution in [2.45, 2.75) is 38.1 Å². The number of nitrogens with one attached hydrogen (secondary N) is 3. The second-order valence-electron chi connectivity index (χ2n) is 9.34. The highest BCUT2D eigenvalue weighted by atomic mass is 19.1. The molecule has 8 heteroatoms. The van der Waals surface area contributed by atoms with Gasteiger partial charge in [-0.05, 0) is 60.2 Å². The molecule has 6 rings (SSSR count). The van der Waals surface area contributed by atoms with Gasteiger partial charge in [-0.1, -0.05) is 36.4 Å². The molecule has 4 aromatic rings. The van der Waals surface area contributed by atoms with Gasteiger partial charge in [0.15, 0.2) is 0 Å². The molecule has 36 heavy (non-hydrogen) atoms. The standard InChI is InChI=1S/C28H24FN5O2/c29-23-11-8-16(13-25-20-6-1-2-7-21(20)27(35)34-33-25)12-22(23)17-9-10-18-15-26(31-24(18)14-17)32-28(36)30-19-4-3-5-19/h1-2,6-12,14,19H,3-5,13,15H2,(H,34,35)(H2,30,31,32,36). The van der Waals surface area contributed by atoms with Gasteiger partial charge in [-0.15, -0.1) is 0 Å². The summed E-state index contributed by atoms with van der Waals surface area (Å²) in [7, 11) is 0. The largest absolute Gasteiger partial charge is 0.335 e. The monoisotopic (exact) mass is 481 g/mol. The van der Waals surface area contributed by atoms with Crippen LogP contribution >= 0.6 is 0 Å². The Labute approximate surface area is 206 Å². The molecule has 1 aliphatic carbocycles. The third-order valence-corrected chi connectivity index (χ3v) is 6.89. The van der Waals surface area contributed by atoms with Crippen LogP contribution in [0, 0.1) is 5.82 Å². The molecule has 0 atom stereocenters. The molecule has 1 aromatic heterocycles. The Morgan fingerprint density at radius 2 is 1.89 bits per heavy atom. The van der Waals surface area contributed by atoms with E-state index in [0.29, 0.717) is 35.2 Å². The number of benzene rings is 3. The fourth-order valence-electron chi connectivity index (χ4n) is 4.73. The minimum absolute atomic E-state index is 0.228. The van der Waals surface area contributed by atoms with E-state index in [9.17, 15) is 14.0 Å². The van der Waals surface area contributed by atoms with E-state index in [1.807, 2.05) is 42.5 Å². The van der Waals surface area contributed by atoms with Crippen LogP contribution in [-0.4, -0.2) is 28.1 Å². The van der Waals surface area contributed by atoms with Crippen molar-refractivity contribution < 1.29 is 9.18 Å². The molecule has 0 radical (unpaired) electrons. The number of halogens is 1. The predicted molar refractivity (Wildman–Crippen MR) is 137 cm³/mol. The molecule has 2 heterocycles. The maximum atomic E-state index is 14.9. The first-order valence-electron chi connectivity index (χ1n) is 12.1. The van der Waals surface area contributed by atoms with E-state index in [1.165, 1.54) is 6.07 Å². The third-order valence-electron chi connectivity index (χ3n) is 6.89. The topological polar surface area (TPSA) is 99.2 Å². The van der Waals surface area contributed by atoms with E-state index in [2.05, 4.69) is 25.8 Å².